The second-order valence-corrected chi connectivity index (χ2v) is 5.87. The zero-order chi connectivity index (χ0) is 14.7. The van der Waals surface area contributed by atoms with Crippen LogP contribution in [-0.4, -0.2) is 43.2 Å². The summed E-state index contributed by atoms with van der Waals surface area (Å²) in [4.78, 5) is 14.4. The van der Waals surface area contributed by atoms with Crippen LogP contribution in [0.2, 0.25) is 0 Å². The van der Waals surface area contributed by atoms with E-state index in [-0.39, 0.29) is 12.5 Å². The van der Waals surface area contributed by atoms with Crippen LogP contribution < -0.4 is 10.5 Å². The molecule has 1 aromatic carbocycles. The first kappa shape index (κ1) is 14.2. The van der Waals surface area contributed by atoms with Gasteiger partial charge in [0.25, 0.3) is 5.91 Å². The van der Waals surface area contributed by atoms with E-state index in [4.69, 9.17) is 15.2 Å². The van der Waals surface area contributed by atoms with Crippen molar-refractivity contribution in [2.24, 2.45) is 5.92 Å². The van der Waals surface area contributed by atoms with Crippen molar-refractivity contribution in [3.05, 3.63) is 24.3 Å². The Kier molecular flexibility index (Phi) is 4.29. The maximum atomic E-state index is 12.4. The minimum Gasteiger partial charge on any atom is -0.484 e. The molecule has 3 rings (SSSR count). The van der Waals surface area contributed by atoms with Gasteiger partial charge in [0.15, 0.2) is 6.61 Å². The Bertz CT molecular complexity index is 496. The van der Waals surface area contributed by atoms with Gasteiger partial charge >= 0.3 is 0 Å². The molecule has 0 spiro atoms. The standard InChI is InChI=1S/C16H22N2O3/c17-13-2-1-3-15(8-13)21-11-16(19)18(14-4-5-14)9-12-6-7-20-10-12/h1-3,8,12,14H,4-7,9-11,17H2. The Morgan fingerprint density at radius 2 is 2.24 bits per heavy atom. The van der Waals surface area contributed by atoms with Crippen LogP contribution >= 0.6 is 0 Å². The van der Waals surface area contributed by atoms with Crippen molar-refractivity contribution in [1.82, 2.24) is 4.90 Å². The highest BCUT2D eigenvalue weighted by Crippen LogP contribution is 2.29. The highest BCUT2D eigenvalue weighted by Gasteiger charge is 2.34. The van der Waals surface area contributed by atoms with Gasteiger partial charge < -0.3 is 20.1 Å². The van der Waals surface area contributed by atoms with Crippen molar-refractivity contribution in [3.63, 3.8) is 0 Å². The predicted octanol–water partition coefficient (Wildman–Crippen LogP) is 1.68. The molecule has 114 valence electrons. The molecule has 0 aromatic heterocycles. The number of benzene rings is 1. The lowest BCUT2D eigenvalue weighted by molar-refractivity contribution is -0.134. The van der Waals surface area contributed by atoms with Gasteiger partial charge in [-0.25, -0.2) is 0 Å². The first-order valence-corrected chi connectivity index (χ1v) is 7.58. The summed E-state index contributed by atoms with van der Waals surface area (Å²) in [6.07, 6.45) is 3.27. The van der Waals surface area contributed by atoms with Gasteiger partial charge in [-0.15, -0.1) is 0 Å². The van der Waals surface area contributed by atoms with Crippen LogP contribution in [0.5, 0.6) is 5.75 Å². The number of carbonyl (C=O) groups excluding carboxylic acids is 1. The number of amides is 1. The minimum absolute atomic E-state index is 0.0619. The van der Waals surface area contributed by atoms with E-state index in [1.807, 2.05) is 17.0 Å². The number of ether oxygens (including phenoxy) is 2. The molecule has 1 heterocycles. The first-order valence-electron chi connectivity index (χ1n) is 7.58. The smallest absolute Gasteiger partial charge is 0.260 e. The molecule has 2 N–H and O–H groups in total. The largest absolute Gasteiger partial charge is 0.484 e. The molecule has 1 atom stereocenters. The maximum absolute atomic E-state index is 12.4. The monoisotopic (exact) mass is 290 g/mol. The fraction of sp³-hybridized carbons (Fsp3) is 0.562. The molecule has 1 aromatic rings. The summed E-state index contributed by atoms with van der Waals surface area (Å²) in [7, 11) is 0. The van der Waals surface area contributed by atoms with Crippen LogP contribution in [0.15, 0.2) is 24.3 Å². The zero-order valence-corrected chi connectivity index (χ0v) is 12.2. The topological polar surface area (TPSA) is 64.8 Å². The summed E-state index contributed by atoms with van der Waals surface area (Å²) in [6, 6.07) is 7.58. The molecule has 2 fully saturated rings. The molecule has 5 nitrogen and oxygen atoms in total. The average Bonchev–Trinajstić information content (AvgIpc) is 3.19. The van der Waals surface area contributed by atoms with Crippen LogP contribution in [0.1, 0.15) is 19.3 Å². The molecule has 5 heteroatoms. The van der Waals surface area contributed by atoms with E-state index >= 15 is 0 Å². The molecular formula is C16H22N2O3. The molecule has 1 unspecified atom stereocenters. The fourth-order valence-electron chi connectivity index (χ4n) is 2.68. The van der Waals surface area contributed by atoms with E-state index in [0.717, 1.165) is 39.0 Å². The molecule has 1 saturated heterocycles. The Hall–Kier alpha value is -1.75. The molecular weight excluding hydrogens is 268 g/mol. The van der Waals surface area contributed by atoms with Crippen molar-refractivity contribution in [1.29, 1.82) is 0 Å². The maximum Gasteiger partial charge on any atom is 0.260 e. The number of nitrogen functional groups attached to an aromatic ring is 1. The lowest BCUT2D eigenvalue weighted by atomic mass is 10.1. The number of hydrogen-bond donors (Lipinski definition) is 1. The lowest BCUT2D eigenvalue weighted by Crippen LogP contribution is -2.40. The van der Waals surface area contributed by atoms with E-state index in [1.165, 1.54) is 0 Å². The highest BCUT2D eigenvalue weighted by atomic mass is 16.5. The van der Waals surface area contributed by atoms with Crippen molar-refractivity contribution in [3.8, 4) is 5.75 Å². The van der Waals surface area contributed by atoms with Gasteiger partial charge in [0, 0.05) is 36.9 Å². The molecule has 1 amide bonds. The van der Waals surface area contributed by atoms with Gasteiger partial charge in [-0.3, -0.25) is 4.79 Å². The molecule has 0 bridgehead atoms. The zero-order valence-electron chi connectivity index (χ0n) is 12.2. The van der Waals surface area contributed by atoms with Crippen LogP contribution in [0, 0.1) is 5.92 Å². The number of anilines is 1. The molecule has 1 aliphatic carbocycles. The quantitative estimate of drug-likeness (QED) is 0.810. The van der Waals surface area contributed by atoms with Crippen molar-refractivity contribution in [2.45, 2.75) is 25.3 Å². The Labute approximate surface area is 125 Å². The van der Waals surface area contributed by atoms with Gasteiger partial charge in [-0.2, -0.15) is 0 Å². The third kappa shape index (κ3) is 3.88. The van der Waals surface area contributed by atoms with E-state index in [2.05, 4.69) is 0 Å². The predicted molar refractivity (Wildman–Crippen MR) is 80.0 cm³/mol. The summed E-state index contributed by atoms with van der Waals surface area (Å²) < 4.78 is 11.0. The summed E-state index contributed by atoms with van der Waals surface area (Å²) in [5.41, 5.74) is 6.34. The van der Waals surface area contributed by atoms with Gasteiger partial charge in [0.1, 0.15) is 5.75 Å². The fourth-order valence-corrected chi connectivity index (χ4v) is 2.68. The van der Waals surface area contributed by atoms with E-state index in [9.17, 15) is 4.79 Å². The third-order valence-electron chi connectivity index (χ3n) is 4.01. The van der Waals surface area contributed by atoms with Crippen LogP contribution in [0.25, 0.3) is 0 Å². The lowest BCUT2D eigenvalue weighted by Gasteiger charge is -2.25. The van der Waals surface area contributed by atoms with Crippen LogP contribution in [-0.2, 0) is 9.53 Å². The second-order valence-electron chi connectivity index (χ2n) is 5.87. The van der Waals surface area contributed by atoms with Gasteiger partial charge in [0.2, 0.25) is 0 Å². The number of nitrogens with zero attached hydrogens (tertiary/aromatic N) is 1. The summed E-state index contributed by atoms with van der Waals surface area (Å²) >= 11 is 0. The van der Waals surface area contributed by atoms with Crippen LogP contribution in [0.4, 0.5) is 5.69 Å². The van der Waals surface area contributed by atoms with E-state index in [1.54, 1.807) is 12.1 Å². The molecule has 2 aliphatic rings. The van der Waals surface area contributed by atoms with Crippen molar-refractivity contribution >= 4 is 11.6 Å². The first-order chi connectivity index (χ1) is 10.2. The summed E-state index contributed by atoms with van der Waals surface area (Å²) in [5.74, 6) is 1.18. The summed E-state index contributed by atoms with van der Waals surface area (Å²) in [6.45, 7) is 2.46. The Morgan fingerprint density at radius 3 is 2.90 bits per heavy atom. The number of nitrogens with two attached hydrogens (primary N) is 1. The molecule has 1 saturated carbocycles. The molecule has 1 aliphatic heterocycles. The van der Waals surface area contributed by atoms with Gasteiger partial charge in [-0.05, 0) is 31.4 Å². The Balaban J connectivity index is 1.54. The van der Waals surface area contributed by atoms with Gasteiger partial charge in [-0.1, -0.05) is 6.07 Å². The van der Waals surface area contributed by atoms with E-state index < -0.39 is 0 Å². The highest BCUT2D eigenvalue weighted by molar-refractivity contribution is 5.78. The van der Waals surface area contributed by atoms with Crippen molar-refractivity contribution < 1.29 is 14.3 Å². The second kappa shape index (κ2) is 6.35. The molecule has 0 radical (unpaired) electrons. The Morgan fingerprint density at radius 1 is 1.38 bits per heavy atom. The van der Waals surface area contributed by atoms with Crippen molar-refractivity contribution in [2.75, 3.05) is 32.1 Å². The number of hydrogen-bond acceptors (Lipinski definition) is 4. The third-order valence-corrected chi connectivity index (χ3v) is 4.01. The minimum atomic E-state index is 0.0619. The number of rotatable bonds is 6. The van der Waals surface area contributed by atoms with Gasteiger partial charge in [0.05, 0.1) is 6.61 Å². The average molecular weight is 290 g/mol. The summed E-state index contributed by atoms with van der Waals surface area (Å²) in [5, 5.41) is 0. The normalized spacial score (nSPS) is 21.2. The van der Waals surface area contributed by atoms with E-state index in [0.29, 0.717) is 23.4 Å². The molecule has 21 heavy (non-hydrogen) atoms. The van der Waals surface area contributed by atoms with Crippen LogP contribution in [0.3, 0.4) is 0 Å². The number of carbonyl (C=O) groups is 1. The SMILES string of the molecule is Nc1cccc(OCC(=O)N(CC2CCOC2)C2CC2)c1.